The van der Waals surface area contributed by atoms with Crippen LogP contribution in [0.2, 0.25) is 0 Å². The third-order valence-electron chi connectivity index (χ3n) is 2.70. The smallest absolute Gasteiger partial charge is 0.337 e. The molecule has 4 nitrogen and oxygen atoms in total. The van der Waals surface area contributed by atoms with Gasteiger partial charge in [0.15, 0.2) is 0 Å². The largest absolute Gasteiger partial charge is 0.478 e. The van der Waals surface area contributed by atoms with Gasteiger partial charge in [-0.2, -0.15) is 0 Å². The third-order valence-corrected chi connectivity index (χ3v) is 2.70. The monoisotopic (exact) mass is 242 g/mol. The summed E-state index contributed by atoms with van der Waals surface area (Å²) in [6, 6.07) is 13.0. The summed E-state index contributed by atoms with van der Waals surface area (Å²) in [6.07, 6.45) is 1.61. The summed E-state index contributed by atoms with van der Waals surface area (Å²) in [5.74, 6) is -0.945. The number of hydrogen-bond acceptors (Lipinski definition) is 3. The zero-order chi connectivity index (χ0) is 13.0. The molecule has 0 aliphatic carbocycles. The number of carboxylic acids is 1. The lowest BCUT2D eigenvalue weighted by Crippen LogP contribution is -2.19. The average molecular weight is 242 g/mol. The predicted molar refractivity (Wildman–Crippen MR) is 69.7 cm³/mol. The van der Waals surface area contributed by atoms with Crippen LogP contribution >= 0.6 is 0 Å². The zero-order valence-corrected chi connectivity index (χ0v) is 10.1. The van der Waals surface area contributed by atoms with E-state index < -0.39 is 5.97 Å². The molecule has 1 aromatic heterocycles. The van der Waals surface area contributed by atoms with Crippen LogP contribution in [0.1, 0.15) is 16.1 Å². The molecule has 0 spiro atoms. The molecule has 0 aliphatic heterocycles. The Balaban J connectivity index is 2.22. The second-order valence-corrected chi connectivity index (χ2v) is 3.99. The van der Waals surface area contributed by atoms with Crippen LogP contribution in [0, 0.1) is 0 Å². The summed E-state index contributed by atoms with van der Waals surface area (Å²) in [6.45, 7) is 0.465. The number of para-hydroxylation sites is 1. The van der Waals surface area contributed by atoms with E-state index in [0.29, 0.717) is 12.2 Å². The van der Waals surface area contributed by atoms with Gasteiger partial charge in [-0.25, -0.2) is 4.79 Å². The normalized spacial score (nSPS) is 10.1. The van der Waals surface area contributed by atoms with Gasteiger partial charge in [-0.3, -0.25) is 4.98 Å². The van der Waals surface area contributed by atoms with Gasteiger partial charge < -0.3 is 10.0 Å². The molecule has 1 heterocycles. The van der Waals surface area contributed by atoms with Crippen LogP contribution in [0.4, 0.5) is 5.69 Å². The summed E-state index contributed by atoms with van der Waals surface area (Å²) >= 11 is 0. The first-order chi connectivity index (χ1) is 8.68. The lowest BCUT2D eigenvalue weighted by molar-refractivity contribution is 0.0695. The van der Waals surface area contributed by atoms with E-state index in [4.69, 9.17) is 5.11 Å². The minimum atomic E-state index is -0.945. The van der Waals surface area contributed by atoms with Gasteiger partial charge in [0.2, 0.25) is 0 Å². The Bertz CT molecular complexity index is 541. The van der Waals surface area contributed by atoms with Crippen molar-refractivity contribution in [2.45, 2.75) is 6.54 Å². The Morgan fingerprint density at radius 1 is 1.22 bits per heavy atom. The first-order valence-corrected chi connectivity index (χ1v) is 5.62. The number of hydrogen-bond donors (Lipinski definition) is 1. The van der Waals surface area contributed by atoms with Crippen molar-refractivity contribution in [3.05, 3.63) is 59.9 Å². The fourth-order valence-electron chi connectivity index (χ4n) is 1.76. The standard InChI is InChI=1S/C14H14N2O2/c1-16(11-6-3-2-4-7-11)10-13-12(14(17)18)8-5-9-15-13/h2-9H,10H2,1H3,(H,17,18). The quantitative estimate of drug-likeness (QED) is 0.894. The average Bonchev–Trinajstić information content (AvgIpc) is 2.40. The van der Waals surface area contributed by atoms with E-state index in [1.165, 1.54) is 0 Å². The van der Waals surface area contributed by atoms with Gasteiger partial charge in [-0.15, -0.1) is 0 Å². The van der Waals surface area contributed by atoms with E-state index >= 15 is 0 Å². The van der Waals surface area contributed by atoms with Gasteiger partial charge in [0.05, 0.1) is 17.8 Å². The van der Waals surface area contributed by atoms with Gasteiger partial charge in [-0.05, 0) is 24.3 Å². The minimum absolute atomic E-state index is 0.250. The van der Waals surface area contributed by atoms with Crippen LogP contribution in [0.5, 0.6) is 0 Å². The van der Waals surface area contributed by atoms with E-state index in [-0.39, 0.29) is 5.56 Å². The van der Waals surface area contributed by atoms with Crippen LogP contribution in [0.25, 0.3) is 0 Å². The maximum Gasteiger partial charge on any atom is 0.337 e. The van der Waals surface area contributed by atoms with Gasteiger partial charge in [0.25, 0.3) is 0 Å². The highest BCUT2D eigenvalue weighted by molar-refractivity contribution is 5.88. The number of carbonyl (C=O) groups is 1. The predicted octanol–water partition coefficient (Wildman–Crippen LogP) is 2.42. The molecule has 92 valence electrons. The number of carboxylic acid groups (broad SMARTS) is 1. The summed E-state index contributed by atoms with van der Waals surface area (Å²) < 4.78 is 0. The molecule has 18 heavy (non-hydrogen) atoms. The van der Waals surface area contributed by atoms with E-state index in [1.54, 1.807) is 18.3 Å². The topological polar surface area (TPSA) is 53.4 Å². The molecule has 0 aliphatic rings. The van der Waals surface area contributed by atoms with Crippen molar-refractivity contribution in [1.29, 1.82) is 0 Å². The van der Waals surface area contributed by atoms with Gasteiger partial charge in [0.1, 0.15) is 0 Å². The van der Waals surface area contributed by atoms with Gasteiger partial charge >= 0.3 is 5.97 Å². The van der Waals surface area contributed by atoms with Crippen molar-refractivity contribution in [2.24, 2.45) is 0 Å². The molecular weight excluding hydrogens is 228 g/mol. The molecule has 2 rings (SSSR count). The molecule has 0 unspecified atom stereocenters. The number of rotatable bonds is 4. The van der Waals surface area contributed by atoms with Crippen LogP contribution in [-0.2, 0) is 6.54 Å². The van der Waals surface area contributed by atoms with E-state index in [1.807, 2.05) is 42.3 Å². The number of aromatic nitrogens is 1. The number of anilines is 1. The molecule has 2 aromatic rings. The van der Waals surface area contributed by atoms with Crippen LogP contribution in [0.15, 0.2) is 48.7 Å². The van der Waals surface area contributed by atoms with Crippen molar-refractivity contribution < 1.29 is 9.90 Å². The molecule has 4 heteroatoms. The number of pyridine rings is 1. The van der Waals surface area contributed by atoms with E-state index in [2.05, 4.69) is 4.98 Å². The first kappa shape index (κ1) is 12.1. The Morgan fingerprint density at radius 3 is 2.61 bits per heavy atom. The highest BCUT2D eigenvalue weighted by Crippen LogP contribution is 2.15. The van der Waals surface area contributed by atoms with Crippen molar-refractivity contribution >= 4 is 11.7 Å². The maximum atomic E-state index is 11.1. The highest BCUT2D eigenvalue weighted by Gasteiger charge is 2.12. The van der Waals surface area contributed by atoms with Crippen molar-refractivity contribution in [1.82, 2.24) is 4.98 Å². The molecule has 0 bridgehead atoms. The molecule has 0 radical (unpaired) electrons. The Kier molecular flexibility index (Phi) is 3.57. The third kappa shape index (κ3) is 2.66. The van der Waals surface area contributed by atoms with Crippen LogP contribution < -0.4 is 4.90 Å². The molecule has 1 N–H and O–H groups in total. The van der Waals surface area contributed by atoms with Crippen molar-refractivity contribution in [3.8, 4) is 0 Å². The molecule has 0 amide bonds. The molecule has 0 atom stereocenters. The summed E-state index contributed by atoms with van der Waals surface area (Å²) in [4.78, 5) is 17.2. The molecule has 0 fully saturated rings. The lowest BCUT2D eigenvalue weighted by atomic mass is 10.2. The fourth-order valence-corrected chi connectivity index (χ4v) is 1.76. The number of nitrogens with zero attached hydrogens (tertiary/aromatic N) is 2. The second kappa shape index (κ2) is 5.31. The molecule has 0 saturated heterocycles. The summed E-state index contributed by atoms with van der Waals surface area (Å²) in [5.41, 5.74) is 1.84. The maximum absolute atomic E-state index is 11.1. The molecular formula is C14H14N2O2. The molecule has 0 saturated carbocycles. The Hall–Kier alpha value is -2.36. The first-order valence-electron chi connectivity index (χ1n) is 5.62. The number of benzene rings is 1. The number of aromatic carboxylic acids is 1. The fraction of sp³-hybridized carbons (Fsp3) is 0.143. The van der Waals surface area contributed by atoms with Crippen molar-refractivity contribution in [2.75, 3.05) is 11.9 Å². The van der Waals surface area contributed by atoms with Gasteiger partial charge in [-0.1, -0.05) is 18.2 Å². The highest BCUT2D eigenvalue weighted by atomic mass is 16.4. The Morgan fingerprint density at radius 2 is 1.94 bits per heavy atom. The van der Waals surface area contributed by atoms with Gasteiger partial charge in [0, 0.05) is 18.9 Å². The van der Waals surface area contributed by atoms with Crippen molar-refractivity contribution in [3.63, 3.8) is 0 Å². The summed E-state index contributed by atoms with van der Waals surface area (Å²) in [7, 11) is 1.91. The lowest BCUT2D eigenvalue weighted by Gasteiger charge is -2.19. The zero-order valence-electron chi connectivity index (χ0n) is 10.1. The summed E-state index contributed by atoms with van der Waals surface area (Å²) in [5, 5.41) is 9.09. The molecule has 1 aromatic carbocycles. The van der Waals surface area contributed by atoms with E-state index in [0.717, 1.165) is 5.69 Å². The SMILES string of the molecule is CN(Cc1ncccc1C(=O)O)c1ccccc1. The van der Waals surface area contributed by atoms with Crippen LogP contribution in [0.3, 0.4) is 0 Å². The van der Waals surface area contributed by atoms with Crippen LogP contribution in [-0.4, -0.2) is 23.1 Å². The Labute approximate surface area is 106 Å². The second-order valence-electron chi connectivity index (χ2n) is 3.99. The minimum Gasteiger partial charge on any atom is -0.478 e. The van der Waals surface area contributed by atoms with E-state index in [9.17, 15) is 4.79 Å².